The first kappa shape index (κ1) is 41.1. The van der Waals surface area contributed by atoms with Gasteiger partial charge in [-0.2, -0.15) is 0 Å². The minimum atomic E-state index is -0.670. The topological polar surface area (TPSA) is 24.9 Å². The van der Waals surface area contributed by atoms with Gasteiger partial charge in [0, 0.05) is 11.4 Å². The molecule has 4 nitrogen and oxygen atoms in total. The van der Waals surface area contributed by atoms with Crippen LogP contribution in [0.1, 0.15) is 38.9 Å². The molecule has 0 atom stereocenters. The summed E-state index contributed by atoms with van der Waals surface area (Å²) in [5.41, 5.74) is 13.8. The van der Waals surface area contributed by atoms with Gasteiger partial charge in [-0.25, -0.2) is 0 Å². The third-order valence-corrected chi connectivity index (χ3v) is 14.1. The number of anilines is 6. The van der Waals surface area contributed by atoms with Crippen molar-refractivity contribution in [1.29, 1.82) is 0 Å². The van der Waals surface area contributed by atoms with E-state index in [9.17, 15) is 0 Å². The fraction of sp³-hybridized carbons (Fsp3) is 0.0303. The van der Waals surface area contributed by atoms with Crippen molar-refractivity contribution in [2.24, 2.45) is 0 Å². The van der Waals surface area contributed by atoms with Gasteiger partial charge in [0.05, 0.1) is 28.2 Å². The van der Waals surface area contributed by atoms with Gasteiger partial charge in [0.15, 0.2) is 23.0 Å². The fourth-order valence-corrected chi connectivity index (χ4v) is 10.8. The predicted molar refractivity (Wildman–Crippen MR) is 289 cm³/mol. The van der Waals surface area contributed by atoms with Crippen molar-refractivity contribution in [2.45, 2.75) is 12.3 Å². The van der Waals surface area contributed by atoms with Crippen LogP contribution in [0.4, 0.5) is 34.1 Å². The van der Waals surface area contributed by atoms with E-state index in [1.807, 2.05) is 48.5 Å². The Balaban J connectivity index is 0.891. The Morgan fingerprint density at radius 2 is 0.771 bits per heavy atom. The minimum Gasteiger partial charge on any atom is -0.453 e. The Morgan fingerprint density at radius 1 is 0.343 bits per heavy atom. The quantitative estimate of drug-likeness (QED) is 0.0862. The fourth-order valence-electron chi connectivity index (χ4n) is 10.8. The summed E-state index contributed by atoms with van der Waals surface area (Å²) in [6.45, 7) is 2.24. The monoisotopic (exact) mass is 898 g/mol. The van der Waals surface area contributed by atoms with Crippen molar-refractivity contribution in [3.05, 3.63) is 288 Å². The van der Waals surface area contributed by atoms with Gasteiger partial charge in [-0.1, -0.05) is 182 Å². The molecule has 2 aliphatic rings. The van der Waals surface area contributed by atoms with E-state index in [0.717, 1.165) is 68.2 Å². The maximum atomic E-state index is 6.45. The largest absolute Gasteiger partial charge is 0.453 e. The maximum absolute atomic E-state index is 6.45. The Labute approximate surface area is 408 Å². The van der Waals surface area contributed by atoms with Gasteiger partial charge < -0.3 is 19.3 Å². The summed E-state index contributed by atoms with van der Waals surface area (Å²) in [6.07, 6.45) is 4.49. The van der Waals surface area contributed by atoms with Crippen LogP contribution >= 0.6 is 0 Å². The smallest absolute Gasteiger partial charge is 0.151 e. The molecule has 0 saturated carbocycles. The molecule has 0 N–H and O–H groups in total. The van der Waals surface area contributed by atoms with Gasteiger partial charge in [-0.15, -0.1) is 0 Å². The summed E-state index contributed by atoms with van der Waals surface area (Å²) in [4.78, 5) is 4.64. The lowest BCUT2D eigenvalue weighted by Gasteiger charge is -2.39. The molecule has 332 valence electrons. The molecule has 2 heterocycles. The van der Waals surface area contributed by atoms with E-state index in [2.05, 4.69) is 229 Å². The average molecular weight is 899 g/mol. The Hall–Kier alpha value is -9.12. The van der Waals surface area contributed by atoms with Crippen molar-refractivity contribution in [3.8, 4) is 23.0 Å². The van der Waals surface area contributed by atoms with Crippen molar-refractivity contribution >= 4 is 67.8 Å². The molecule has 0 amide bonds. The third-order valence-electron chi connectivity index (χ3n) is 14.1. The number of hydrogen-bond donors (Lipinski definition) is 0. The molecule has 4 heteroatoms. The van der Waals surface area contributed by atoms with E-state index in [1.165, 1.54) is 49.4 Å². The van der Waals surface area contributed by atoms with Crippen molar-refractivity contribution < 1.29 is 9.47 Å². The number of aryl methyl sites for hydroxylation is 1. The molecule has 0 aromatic heterocycles. The zero-order chi connectivity index (χ0) is 46.6. The van der Waals surface area contributed by atoms with Gasteiger partial charge in [0.25, 0.3) is 0 Å². The molecule has 0 aliphatic carbocycles. The summed E-state index contributed by atoms with van der Waals surface area (Å²) >= 11 is 0. The van der Waals surface area contributed by atoms with Crippen molar-refractivity contribution in [2.75, 3.05) is 9.80 Å². The van der Waals surface area contributed by atoms with E-state index in [4.69, 9.17) is 9.47 Å². The van der Waals surface area contributed by atoms with Crippen LogP contribution in [0, 0.1) is 6.92 Å². The summed E-state index contributed by atoms with van der Waals surface area (Å²) in [7, 11) is 0. The molecule has 0 radical (unpaired) electrons. The number of ether oxygens (including phenoxy) is 2. The molecule has 0 fully saturated rings. The number of para-hydroxylation sites is 8. The minimum absolute atomic E-state index is 0.670. The van der Waals surface area contributed by atoms with Gasteiger partial charge in [0.1, 0.15) is 0 Å². The molecular formula is C66H46N2O2. The summed E-state index contributed by atoms with van der Waals surface area (Å²) in [5, 5.41) is 4.83. The summed E-state index contributed by atoms with van der Waals surface area (Å²) in [5.74, 6) is 3.36. The first-order chi connectivity index (χ1) is 34.6. The number of fused-ring (bicyclic) bond motifs is 7. The van der Waals surface area contributed by atoms with Crippen LogP contribution < -0.4 is 19.3 Å². The van der Waals surface area contributed by atoms with E-state index in [-0.39, 0.29) is 0 Å². The molecule has 70 heavy (non-hydrogen) atoms. The molecule has 0 unspecified atom stereocenters. The normalized spacial score (nSPS) is 12.8. The number of benzene rings is 11. The van der Waals surface area contributed by atoms with Crippen LogP contribution in [-0.4, -0.2) is 0 Å². The van der Waals surface area contributed by atoms with Crippen LogP contribution in [0.15, 0.2) is 249 Å². The number of nitrogens with zero attached hydrogens (tertiary/aromatic N) is 2. The Morgan fingerprint density at radius 3 is 1.31 bits per heavy atom. The van der Waals surface area contributed by atoms with Gasteiger partial charge in [-0.3, -0.25) is 0 Å². The first-order valence-corrected chi connectivity index (χ1v) is 23.9. The summed E-state index contributed by atoms with van der Waals surface area (Å²) < 4.78 is 12.8. The highest BCUT2D eigenvalue weighted by atomic mass is 16.5. The van der Waals surface area contributed by atoms with Crippen LogP contribution in [0.25, 0.3) is 33.7 Å². The van der Waals surface area contributed by atoms with Gasteiger partial charge in [-0.05, 0) is 146 Å². The second-order valence-electron chi connectivity index (χ2n) is 18.1. The SMILES string of the molecule is Cc1ccc(N2c3ccccc3Oc3ccccc32)cc1C(c1ccccc1)(c1ccccc1)c1cccc(/C=C/c2ccc3c(ccc4cc(N5c6ccccc6Oc6ccccc65)ccc43)c2)c1. The lowest BCUT2D eigenvalue weighted by molar-refractivity contribution is 0.476. The first-order valence-electron chi connectivity index (χ1n) is 23.9. The second-order valence-corrected chi connectivity index (χ2v) is 18.1. The number of hydrogen-bond acceptors (Lipinski definition) is 4. The molecule has 13 rings (SSSR count). The molecule has 11 aromatic carbocycles. The highest BCUT2D eigenvalue weighted by Crippen LogP contribution is 2.54. The van der Waals surface area contributed by atoms with Crippen LogP contribution in [0.3, 0.4) is 0 Å². The standard InChI is InChI=1S/C66H46N2O2/c1-45-31-37-54(68-60-25-10-14-29-64(60)70-65-30-15-11-26-61(65)68)44-57(45)66(50-18-4-2-5-19-50,51-20-6-3-7-21-51)52-22-16-17-46(42-52)32-33-47-34-39-55-48(41-47)35-36-49-43-53(38-40-56(49)55)67-58-23-8-12-27-62(58)69-63-28-13-9-24-59(63)67/h2-44H,1H3/b33-32+. The highest BCUT2D eigenvalue weighted by Gasteiger charge is 2.40. The third kappa shape index (κ3) is 6.84. The molecule has 2 aliphatic heterocycles. The van der Waals surface area contributed by atoms with Crippen molar-refractivity contribution in [3.63, 3.8) is 0 Å². The van der Waals surface area contributed by atoms with E-state index in [1.54, 1.807) is 0 Å². The second kappa shape index (κ2) is 16.9. The van der Waals surface area contributed by atoms with E-state index >= 15 is 0 Å². The zero-order valence-corrected chi connectivity index (χ0v) is 38.5. The number of rotatable bonds is 8. The van der Waals surface area contributed by atoms with Crippen LogP contribution in [-0.2, 0) is 5.41 Å². The Bertz CT molecular complexity index is 3690. The van der Waals surface area contributed by atoms with Gasteiger partial charge in [0.2, 0.25) is 0 Å². The Kier molecular flexibility index (Phi) is 9.91. The van der Waals surface area contributed by atoms with Crippen LogP contribution in [0.2, 0.25) is 0 Å². The zero-order valence-electron chi connectivity index (χ0n) is 38.5. The molecule has 0 saturated heterocycles. The van der Waals surface area contributed by atoms with Crippen LogP contribution in [0.5, 0.6) is 23.0 Å². The lowest BCUT2D eigenvalue weighted by atomic mass is 9.64. The maximum Gasteiger partial charge on any atom is 0.151 e. The molecular weight excluding hydrogens is 853 g/mol. The summed E-state index contributed by atoms with van der Waals surface area (Å²) in [6, 6.07) is 89.1. The predicted octanol–water partition coefficient (Wildman–Crippen LogP) is 18.0. The van der Waals surface area contributed by atoms with E-state index in [0.29, 0.717) is 0 Å². The lowest BCUT2D eigenvalue weighted by Crippen LogP contribution is -2.32. The highest BCUT2D eigenvalue weighted by molar-refractivity contribution is 6.09. The van der Waals surface area contributed by atoms with E-state index < -0.39 is 5.41 Å². The van der Waals surface area contributed by atoms with Gasteiger partial charge >= 0.3 is 0 Å². The molecule has 0 spiro atoms. The van der Waals surface area contributed by atoms with Crippen molar-refractivity contribution in [1.82, 2.24) is 0 Å². The molecule has 11 aromatic rings. The average Bonchev–Trinajstić information content (AvgIpc) is 3.42. The molecule has 0 bridgehead atoms.